The molecule has 1 N–H and O–H groups in total. The lowest BCUT2D eigenvalue weighted by atomic mass is 9.97. The van der Waals surface area contributed by atoms with Crippen LogP contribution in [-0.2, 0) is 6.54 Å². The summed E-state index contributed by atoms with van der Waals surface area (Å²) in [4.78, 5) is 16.7. The van der Waals surface area contributed by atoms with Gasteiger partial charge in [0.2, 0.25) is 0 Å². The molecule has 1 aromatic heterocycles. The van der Waals surface area contributed by atoms with Crippen molar-refractivity contribution in [2.75, 3.05) is 39.8 Å². The average Bonchev–Trinajstić information content (AvgIpc) is 2.86. The maximum absolute atomic E-state index is 12.0. The zero-order chi connectivity index (χ0) is 15.5. The normalized spacial score (nSPS) is 17.9. The molecule has 0 bridgehead atoms. The quantitative estimate of drug-likeness (QED) is 0.920. The smallest absolute Gasteiger partial charge is 0.287 e. The van der Waals surface area contributed by atoms with Gasteiger partial charge >= 0.3 is 0 Å². The van der Waals surface area contributed by atoms with Crippen molar-refractivity contribution >= 4 is 5.91 Å². The Kier molecular flexibility index (Phi) is 5.06. The number of nitrogens with zero attached hydrogens (tertiary/aromatic N) is 2. The summed E-state index contributed by atoms with van der Waals surface area (Å²) in [6.07, 6.45) is 0. The molecular weight excluding hydrogens is 266 g/mol. The number of furan rings is 1. The highest BCUT2D eigenvalue weighted by atomic mass is 16.4. The molecule has 1 saturated heterocycles. The van der Waals surface area contributed by atoms with Crippen molar-refractivity contribution in [2.45, 2.75) is 27.3 Å². The topological polar surface area (TPSA) is 48.7 Å². The first-order chi connectivity index (χ1) is 9.83. The van der Waals surface area contributed by atoms with Gasteiger partial charge in [-0.1, -0.05) is 20.8 Å². The molecule has 0 aliphatic carbocycles. The predicted octanol–water partition coefficient (Wildman–Crippen LogP) is 1.80. The summed E-state index contributed by atoms with van der Waals surface area (Å²) in [5.41, 5.74) is 0.0743. The second-order valence-electron chi connectivity index (χ2n) is 7.09. The molecule has 1 amide bonds. The Morgan fingerprint density at radius 2 is 1.90 bits per heavy atom. The van der Waals surface area contributed by atoms with Crippen molar-refractivity contribution in [1.29, 1.82) is 0 Å². The molecule has 0 unspecified atom stereocenters. The van der Waals surface area contributed by atoms with Gasteiger partial charge in [0.15, 0.2) is 5.76 Å². The van der Waals surface area contributed by atoms with E-state index in [2.05, 4.69) is 42.9 Å². The summed E-state index contributed by atoms with van der Waals surface area (Å²) in [6.45, 7) is 11.9. The Hall–Kier alpha value is -1.33. The number of carbonyl (C=O) groups is 1. The minimum atomic E-state index is -0.130. The lowest BCUT2D eigenvalue weighted by Crippen LogP contribution is -2.43. The third-order valence-electron chi connectivity index (χ3n) is 3.64. The lowest BCUT2D eigenvalue weighted by Gasteiger charge is -2.31. The number of rotatable bonds is 4. The molecule has 1 aromatic rings. The summed E-state index contributed by atoms with van der Waals surface area (Å²) < 4.78 is 5.67. The van der Waals surface area contributed by atoms with Crippen LogP contribution >= 0.6 is 0 Å². The van der Waals surface area contributed by atoms with Crippen LogP contribution in [0.1, 0.15) is 37.1 Å². The van der Waals surface area contributed by atoms with E-state index in [9.17, 15) is 4.79 Å². The third kappa shape index (κ3) is 5.17. The highest BCUT2D eigenvalue weighted by Crippen LogP contribution is 2.14. The van der Waals surface area contributed by atoms with E-state index >= 15 is 0 Å². The van der Waals surface area contributed by atoms with E-state index in [0.29, 0.717) is 12.3 Å². The number of hydrogen-bond acceptors (Lipinski definition) is 4. The van der Waals surface area contributed by atoms with Crippen LogP contribution in [0.5, 0.6) is 0 Å². The van der Waals surface area contributed by atoms with E-state index in [0.717, 1.165) is 38.5 Å². The van der Waals surface area contributed by atoms with Crippen molar-refractivity contribution in [3.8, 4) is 0 Å². The molecule has 1 aliphatic heterocycles. The molecule has 0 atom stereocenters. The Morgan fingerprint density at radius 1 is 1.24 bits per heavy atom. The third-order valence-corrected chi connectivity index (χ3v) is 3.64. The Labute approximate surface area is 127 Å². The highest BCUT2D eigenvalue weighted by molar-refractivity contribution is 5.91. The first-order valence-electron chi connectivity index (χ1n) is 7.61. The lowest BCUT2D eigenvalue weighted by molar-refractivity contribution is 0.0904. The van der Waals surface area contributed by atoms with Gasteiger partial charge in [0.25, 0.3) is 5.91 Å². The van der Waals surface area contributed by atoms with E-state index in [-0.39, 0.29) is 11.3 Å². The van der Waals surface area contributed by atoms with Gasteiger partial charge in [-0.2, -0.15) is 0 Å². The van der Waals surface area contributed by atoms with Gasteiger partial charge in [0, 0.05) is 32.7 Å². The molecule has 2 rings (SSSR count). The Bertz CT molecular complexity index is 468. The van der Waals surface area contributed by atoms with Gasteiger partial charge < -0.3 is 14.6 Å². The van der Waals surface area contributed by atoms with E-state index in [1.807, 2.05) is 6.07 Å². The fraction of sp³-hybridized carbons (Fsp3) is 0.688. The molecule has 5 nitrogen and oxygen atoms in total. The molecule has 0 saturated carbocycles. The first kappa shape index (κ1) is 16.0. The zero-order valence-corrected chi connectivity index (χ0v) is 13.6. The number of hydrogen-bond donors (Lipinski definition) is 1. The Balaban J connectivity index is 1.85. The molecule has 21 heavy (non-hydrogen) atoms. The molecule has 1 aliphatic rings. The van der Waals surface area contributed by atoms with Gasteiger partial charge in [0.1, 0.15) is 5.76 Å². The number of likely N-dealkylation sites (N-methyl/N-ethyl adjacent to an activating group) is 1. The Morgan fingerprint density at radius 3 is 2.52 bits per heavy atom. The summed E-state index contributed by atoms with van der Waals surface area (Å²) >= 11 is 0. The van der Waals surface area contributed by atoms with Gasteiger partial charge in [-0.25, -0.2) is 0 Å². The number of nitrogens with one attached hydrogen (secondary N) is 1. The SMILES string of the molecule is CN1CCN(Cc2ccc(C(=O)NCC(C)(C)C)o2)CC1. The van der Waals surface area contributed by atoms with Crippen molar-refractivity contribution in [3.05, 3.63) is 23.7 Å². The van der Waals surface area contributed by atoms with E-state index in [1.54, 1.807) is 6.07 Å². The van der Waals surface area contributed by atoms with Crippen molar-refractivity contribution in [3.63, 3.8) is 0 Å². The van der Waals surface area contributed by atoms with Crippen molar-refractivity contribution in [1.82, 2.24) is 15.1 Å². The second kappa shape index (κ2) is 6.62. The maximum atomic E-state index is 12.0. The highest BCUT2D eigenvalue weighted by Gasteiger charge is 2.18. The number of carbonyl (C=O) groups excluding carboxylic acids is 1. The minimum Gasteiger partial charge on any atom is -0.455 e. The number of amides is 1. The van der Waals surface area contributed by atoms with Crippen LogP contribution in [0.3, 0.4) is 0 Å². The maximum Gasteiger partial charge on any atom is 0.287 e. The fourth-order valence-corrected chi connectivity index (χ4v) is 2.24. The molecule has 0 spiro atoms. The van der Waals surface area contributed by atoms with Crippen LogP contribution in [0.25, 0.3) is 0 Å². The minimum absolute atomic E-state index is 0.0743. The molecule has 118 valence electrons. The molecule has 0 radical (unpaired) electrons. The number of piperazine rings is 1. The van der Waals surface area contributed by atoms with Gasteiger partial charge in [0.05, 0.1) is 6.54 Å². The van der Waals surface area contributed by atoms with Crippen LogP contribution in [-0.4, -0.2) is 55.5 Å². The van der Waals surface area contributed by atoms with Crippen LogP contribution in [0, 0.1) is 5.41 Å². The molecule has 1 fully saturated rings. The zero-order valence-electron chi connectivity index (χ0n) is 13.6. The monoisotopic (exact) mass is 293 g/mol. The summed E-state index contributed by atoms with van der Waals surface area (Å²) in [6, 6.07) is 3.67. The molecular formula is C16H27N3O2. The van der Waals surface area contributed by atoms with E-state index in [1.165, 1.54) is 0 Å². The van der Waals surface area contributed by atoms with Crippen molar-refractivity contribution in [2.24, 2.45) is 5.41 Å². The summed E-state index contributed by atoms with van der Waals surface area (Å²) in [5, 5.41) is 2.91. The van der Waals surface area contributed by atoms with Crippen LogP contribution in [0.4, 0.5) is 0 Å². The van der Waals surface area contributed by atoms with Crippen LogP contribution in [0.2, 0.25) is 0 Å². The average molecular weight is 293 g/mol. The standard InChI is InChI=1S/C16H27N3O2/c1-16(2,3)12-17-15(20)14-6-5-13(21-14)11-19-9-7-18(4)8-10-19/h5-6H,7-12H2,1-4H3,(H,17,20). The second-order valence-corrected chi connectivity index (χ2v) is 7.09. The van der Waals surface area contributed by atoms with Crippen LogP contribution < -0.4 is 5.32 Å². The fourth-order valence-electron chi connectivity index (χ4n) is 2.24. The molecule has 0 aromatic carbocycles. The predicted molar refractivity (Wildman–Crippen MR) is 83.3 cm³/mol. The largest absolute Gasteiger partial charge is 0.455 e. The van der Waals surface area contributed by atoms with E-state index < -0.39 is 0 Å². The summed E-state index contributed by atoms with van der Waals surface area (Å²) in [7, 11) is 2.14. The molecule has 5 heteroatoms. The van der Waals surface area contributed by atoms with Gasteiger partial charge in [-0.3, -0.25) is 9.69 Å². The van der Waals surface area contributed by atoms with E-state index in [4.69, 9.17) is 4.42 Å². The van der Waals surface area contributed by atoms with Crippen molar-refractivity contribution < 1.29 is 9.21 Å². The van der Waals surface area contributed by atoms with Gasteiger partial charge in [-0.05, 0) is 24.6 Å². The molecule has 2 heterocycles. The summed E-state index contributed by atoms with van der Waals surface area (Å²) in [5.74, 6) is 1.14. The van der Waals surface area contributed by atoms with Crippen LogP contribution in [0.15, 0.2) is 16.5 Å². The van der Waals surface area contributed by atoms with Gasteiger partial charge in [-0.15, -0.1) is 0 Å². The first-order valence-corrected chi connectivity index (χ1v) is 7.61.